The van der Waals surface area contributed by atoms with Crippen LogP contribution in [0.4, 0.5) is 0 Å². The highest BCUT2D eigenvalue weighted by molar-refractivity contribution is 5.47. The molecule has 2 rings (SSSR count). The highest BCUT2D eigenvalue weighted by atomic mass is 16.3. The topological polar surface area (TPSA) is 62.5 Å². The van der Waals surface area contributed by atoms with E-state index in [1.54, 1.807) is 17.8 Å². The number of aromatic nitrogens is 3. The van der Waals surface area contributed by atoms with Crippen LogP contribution in [-0.2, 0) is 0 Å². The molecule has 14 heavy (non-hydrogen) atoms. The van der Waals surface area contributed by atoms with E-state index in [1.165, 1.54) is 6.33 Å². The number of aliphatic hydroxyl groups excluding tert-OH is 1. The lowest BCUT2D eigenvalue weighted by atomic mass is 10.1. The van der Waals surface area contributed by atoms with Gasteiger partial charge in [-0.15, -0.1) is 0 Å². The van der Waals surface area contributed by atoms with Crippen LogP contribution >= 0.6 is 0 Å². The third-order valence-corrected chi connectivity index (χ3v) is 2.09. The summed E-state index contributed by atoms with van der Waals surface area (Å²) in [7, 11) is 1.80. The van der Waals surface area contributed by atoms with E-state index in [9.17, 15) is 5.11 Å². The molecule has 74 valence electrons. The first-order valence-corrected chi connectivity index (χ1v) is 4.44. The molecular weight excluding hydrogens is 180 g/mol. The minimum atomic E-state index is -0.548. The normalized spacial score (nSPS) is 13.3. The molecule has 0 saturated carbocycles. The SMILES string of the molecule is CNCC(O)c1cccn2ncnc12. The van der Waals surface area contributed by atoms with Crippen molar-refractivity contribution in [1.29, 1.82) is 0 Å². The smallest absolute Gasteiger partial charge is 0.161 e. The van der Waals surface area contributed by atoms with E-state index >= 15 is 0 Å². The van der Waals surface area contributed by atoms with Gasteiger partial charge in [0.15, 0.2) is 5.65 Å². The molecule has 0 aromatic carbocycles. The summed E-state index contributed by atoms with van der Waals surface area (Å²) < 4.78 is 1.65. The first-order valence-electron chi connectivity index (χ1n) is 4.44. The second-order valence-corrected chi connectivity index (χ2v) is 3.07. The van der Waals surface area contributed by atoms with Gasteiger partial charge in [0.2, 0.25) is 0 Å². The number of fused-ring (bicyclic) bond motifs is 1. The average molecular weight is 192 g/mol. The number of nitrogens with one attached hydrogen (secondary N) is 1. The van der Waals surface area contributed by atoms with Gasteiger partial charge >= 0.3 is 0 Å². The Hall–Kier alpha value is -1.46. The summed E-state index contributed by atoms with van der Waals surface area (Å²) in [6.45, 7) is 0.506. The van der Waals surface area contributed by atoms with Gasteiger partial charge < -0.3 is 10.4 Å². The van der Waals surface area contributed by atoms with Gasteiger partial charge in [-0.25, -0.2) is 9.50 Å². The molecule has 2 N–H and O–H groups in total. The van der Waals surface area contributed by atoms with E-state index in [4.69, 9.17) is 0 Å². The maximum absolute atomic E-state index is 9.79. The molecular formula is C9H12N4O. The van der Waals surface area contributed by atoms with Crippen LogP contribution in [-0.4, -0.2) is 33.3 Å². The number of aliphatic hydroxyl groups is 1. The predicted molar refractivity (Wildman–Crippen MR) is 51.9 cm³/mol. The fourth-order valence-electron chi connectivity index (χ4n) is 1.43. The number of rotatable bonds is 3. The Morgan fingerprint density at radius 2 is 2.50 bits per heavy atom. The van der Waals surface area contributed by atoms with Gasteiger partial charge in [0.1, 0.15) is 6.33 Å². The Labute approximate surface area is 81.4 Å². The zero-order valence-corrected chi connectivity index (χ0v) is 7.88. The number of hydrogen-bond donors (Lipinski definition) is 2. The van der Waals surface area contributed by atoms with Crippen molar-refractivity contribution in [2.75, 3.05) is 13.6 Å². The summed E-state index contributed by atoms with van der Waals surface area (Å²) in [5.41, 5.74) is 1.50. The molecule has 0 aliphatic rings. The van der Waals surface area contributed by atoms with E-state index in [-0.39, 0.29) is 0 Å². The van der Waals surface area contributed by atoms with Gasteiger partial charge in [-0.2, -0.15) is 5.10 Å². The second-order valence-electron chi connectivity index (χ2n) is 3.07. The summed E-state index contributed by atoms with van der Waals surface area (Å²) in [4.78, 5) is 4.09. The van der Waals surface area contributed by atoms with Crippen molar-refractivity contribution in [3.05, 3.63) is 30.2 Å². The van der Waals surface area contributed by atoms with E-state index in [0.29, 0.717) is 12.2 Å². The van der Waals surface area contributed by atoms with Crippen molar-refractivity contribution in [3.8, 4) is 0 Å². The van der Waals surface area contributed by atoms with E-state index in [0.717, 1.165) is 5.56 Å². The van der Waals surface area contributed by atoms with Crippen LogP contribution in [0.2, 0.25) is 0 Å². The van der Waals surface area contributed by atoms with Crippen LogP contribution < -0.4 is 5.32 Å². The number of hydrogen-bond acceptors (Lipinski definition) is 4. The quantitative estimate of drug-likeness (QED) is 0.717. The van der Waals surface area contributed by atoms with Crippen LogP contribution in [0, 0.1) is 0 Å². The number of nitrogens with zero attached hydrogens (tertiary/aromatic N) is 3. The van der Waals surface area contributed by atoms with Crippen molar-refractivity contribution < 1.29 is 5.11 Å². The van der Waals surface area contributed by atoms with Gasteiger partial charge in [-0.3, -0.25) is 0 Å². The molecule has 0 aliphatic heterocycles. The molecule has 0 spiro atoms. The Kier molecular flexibility index (Phi) is 2.43. The molecule has 1 atom stereocenters. The lowest BCUT2D eigenvalue weighted by Gasteiger charge is -2.10. The first-order chi connectivity index (χ1) is 6.83. The van der Waals surface area contributed by atoms with E-state index < -0.39 is 6.10 Å². The maximum atomic E-state index is 9.79. The minimum absolute atomic E-state index is 0.506. The van der Waals surface area contributed by atoms with Crippen LogP contribution in [0.1, 0.15) is 11.7 Å². The summed E-state index contributed by atoms with van der Waals surface area (Å²) in [6, 6.07) is 3.70. The van der Waals surface area contributed by atoms with Gasteiger partial charge in [-0.1, -0.05) is 6.07 Å². The molecule has 1 unspecified atom stereocenters. The molecule has 0 aliphatic carbocycles. The van der Waals surface area contributed by atoms with Crippen LogP contribution in [0.3, 0.4) is 0 Å². The Bertz CT molecular complexity index is 425. The lowest BCUT2D eigenvalue weighted by molar-refractivity contribution is 0.178. The highest BCUT2D eigenvalue weighted by Crippen LogP contribution is 2.15. The third kappa shape index (κ3) is 1.47. The average Bonchev–Trinajstić information content (AvgIpc) is 2.65. The van der Waals surface area contributed by atoms with Crippen molar-refractivity contribution in [1.82, 2.24) is 19.9 Å². The molecule has 0 bridgehead atoms. The van der Waals surface area contributed by atoms with Gasteiger partial charge in [0.25, 0.3) is 0 Å². The largest absolute Gasteiger partial charge is 0.387 e. The van der Waals surface area contributed by atoms with E-state index in [2.05, 4.69) is 15.4 Å². The summed E-state index contributed by atoms with van der Waals surface area (Å²) in [5, 5.41) is 16.7. The first kappa shape index (κ1) is 9.11. The van der Waals surface area contributed by atoms with Crippen molar-refractivity contribution in [2.45, 2.75) is 6.10 Å². The molecule has 0 saturated heterocycles. The molecule has 0 fully saturated rings. The fourth-order valence-corrected chi connectivity index (χ4v) is 1.43. The molecule has 0 amide bonds. The molecule has 5 nitrogen and oxygen atoms in total. The summed E-state index contributed by atoms with van der Waals surface area (Å²) in [5.74, 6) is 0. The van der Waals surface area contributed by atoms with Crippen LogP contribution in [0.25, 0.3) is 5.65 Å². The predicted octanol–water partition coefficient (Wildman–Crippen LogP) is -0.0179. The highest BCUT2D eigenvalue weighted by Gasteiger charge is 2.11. The third-order valence-electron chi connectivity index (χ3n) is 2.09. The molecule has 2 aromatic heterocycles. The number of likely N-dealkylation sites (N-methyl/N-ethyl adjacent to an activating group) is 1. The Morgan fingerprint density at radius 1 is 1.64 bits per heavy atom. The zero-order chi connectivity index (χ0) is 9.97. The molecule has 5 heteroatoms. The van der Waals surface area contributed by atoms with Crippen molar-refractivity contribution >= 4 is 5.65 Å². The number of pyridine rings is 1. The van der Waals surface area contributed by atoms with Crippen molar-refractivity contribution in [2.24, 2.45) is 0 Å². The summed E-state index contributed by atoms with van der Waals surface area (Å²) in [6.07, 6.45) is 2.73. The Balaban J connectivity index is 2.45. The van der Waals surface area contributed by atoms with Crippen LogP contribution in [0.5, 0.6) is 0 Å². The van der Waals surface area contributed by atoms with E-state index in [1.807, 2.05) is 12.1 Å². The van der Waals surface area contributed by atoms with Gasteiger partial charge in [-0.05, 0) is 13.1 Å². The Morgan fingerprint density at radius 3 is 3.29 bits per heavy atom. The monoisotopic (exact) mass is 192 g/mol. The van der Waals surface area contributed by atoms with Gasteiger partial charge in [0.05, 0.1) is 6.10 Å². The maximum Gasteiger partial charge on any atom is 0.161 e. The minimum Gasteiger partial charge on any atom is -0.387 e. The molecule has 2 aromatic rings. The standard InChI is InChI=1S/C9H12N4O/c1-10-5-8(14)7-3-2-4-13-9(7)11-6-12-13/h2-4,6,8,10,14H,5H2,1H3. The second kappa shape index (κ2) is 3.73. The lowest BCUT2D eigenvalue weighted by Crippen LogP contribution is -2.17. The van der Waals surface area contributed by atoms with Crippen molar-refractivity contribution in [3.63, 3.8) is 0 Å². The molecule has 0 radical (unpaired) electrons. The van der Waals surface area contributed by atoms with Crippen LogP contribution in [0.15, 0.2) is 24.7 Å². The van der Waals surface area contributed by atoms with Gasteiger partial charge in [0, 0.05) is 18.3 Å². The molecule has 2 heterocycles. The fraction of sp³-hybridized carbons (Fsp3) is 0.333. The summed E-state index contributed by atoms with van der Waals surface area (Å²) >= 11 is 0. The zero-order valence-electron chi connectivity index (χ0n) is 7.88.